The number of amides is 1. The number of hydrogen-bond acceptors (Lipinski definition) is 6. The predicted molar refractivity (Wildman–Crippen MR) is 130 cm³/mol. The lowest BCUT2D eigenvalue weighted by atomic mass is 9.90. The highest BCUT2D eigenvalue weighted by atomic mass is 32.2. The van der Waals surface area contributed by atoms with Crippen molar-refractivity contribution >= 4 is 27.3 Å². The number of hydrogen-bond donors (Lipinski definition) is 1. The molecule has 9 heteroatoms. The zero-order chi connectivity index (χ0) is 23.6. The molecule has 1 fully saturated rings. The van der Waals surface area contributed by atoms with E-state index in [2.05, 4.69) is 34.3 Å². The third kappa shape index (κ3) is 4.85. The highest BCUT2D eigenvalue weighted by Crippen LogP contribution is 2.34. The molecule has 8 nitrogen and oxygen atoms in total. The molecule has 2 heterocycles. The lowest BCUT2D eigenvalue weighted by Crippen LogP contribution is -2.39. The van der Waals surface area contributed by atoms with E-state index in [1.165, 1.54) is 31.4 Å². The summed E-state index contributed by atoms with van der Waals surface area (Å²) in [5.41, 5.74) is 3.53. The maximum atomic E-state index is 13.4. The number of nitrogens with one attached hydrogen (secondary N) is 1. The van der Waals surface area contributed by atoms with Gasteiger partial charge in [-0.25, -0.2) is 12.7 Å². The molecule has 4 rings (SSSR count). The van der Waals surface area contributed by atoms with Crippen molar-refractivity contribution in [3.05, 3.63) is 53.6 Å². The molecule has 1 unspecified atom stereocenters. The minimum atomic E-state index is -3.66. The summed E-state index contributed by atoms with van der Waals surface area (Å²) >= 11 is 0. The zero-order valence-corrected chi connectivity index (χ0v) is 20.3. The molecule has 0 spiro atoms. The van der Waals surface area contributed by atoms with Gasteiger partial charge in [-0.05, 0) is 36.2 Å². The lowest BCUT2D eigenvalue weighted by Gasteiger charge is -2.33. The fourth-order valence-electron chi connectivity index (χ4n) is 4.48. The Kier molecular flexibility index (Phi) is 6.92. The van der Waals surface area contributed by atoms with Gasteiger partial charge in [-0.2, -0.15) is 0 Å². The van der Waals surface area contributed by atoms with E-state index in [-0.39, 0.29) is 16.7 Å². The fourth-order valence-corrected chi connectivity index (χ4v) is 5.41. The van der Waals surface area contributed by atoms with Gasteiger partial charge in [0.1, 0.15) is 0 Å². The van der Waals surface area contributed by atoms with E-state index < -0.39 is 10.0 Å². The predicted octanol–water partition coefficient (Wildman–Crippen LogP) is 2.13. The average molecular weight is 473 g/mol. The Labute approximate surface area is 196 Å². The van der Waals surface area contributed by atoms with Gasteiger partial charge in [-0.3, -0.25) is 4.79 Å². The number of fused-ring (bicyclic) bond motifs is 1. The van der Waals surface area contributed by atoms with Crippen molar-refractivity contribution < 1.29 is 17.9 Å². The number of nitrogens with zero attached hydrogens (tertiary/aromatic N) is 3. The van der Waals surface area contributed by atoms with Crippen LogP contribution in [0.4, 0.5) is 11.4 Å². The van der Waals surface area contributed by atoms with Crippen molar-refractivity contribution in [2.75, 3.05) is 70.3 Å². The molecular formula is C24H32N4O4S. The second kappa shape index (κ2) is 9.70. The van der Waals surface area contributed by atoms with E-state index in [0.29, 0.717) is 38.4 Å². The third-order valence-electron chi connectivity index (χ3n) is 6.45. The van der Waals surface area contributed by atoms with Crippen LogP contribution in [0, 0.1) is 0 Å². The fraction of sp³-hybridized carbons (Fsp3) is 0.458. The van der Waals surface area contributed by atoms with Crippen LogP contribution in [0.15, 0.2) is 47.4 Å². The summed E-state index contributed by atoms with van der Waals surface area (Å²) in [4.78, 5) is 17.8. The van der Waals surface area contributed by atoms with Crippen LogP contribution in [0.3, 0.4) is 0 Å². The van der Waals surface area contributed by atoms with Crippen molar-refractivity contribution in [3.63, 3.8) is 0 Å². The van der Waals surface area contributed by atoms with Gasteiger partial charge in [-0.15, -0.1) is 0 Å². The van der Waals surface area contributed by atoms with Crippen molar-refractivity contribution in [2.24, 2.45) is 0 Å². The summed E-state index contributed by atoms with van der Waals surface area (Å²) < 4.78 is 32.1. The van der Waals surface area contributed by atoms with E-state index >= 15 is 0 Å². The summed E-state index contributed by atoms with van der Waals surface area (Å²) in [5, 5.41) is 3.09. The number of anilines is 2. The van der Waals surface area contributed by atoms with E-state index in [1.54, 1.807) is 12.1 Å². The van der Waals surface area contributed by atoms with Gasteiger partial charge in [0.05, 0.1) is 23.7 Å². The van der Waals surface area contributed by atoms with Crippen molar-refractivity contribution in [3.8, 4) is 0 Å². The molecule has 0 aromatic heterocycles. The summed E-state index contributed by atoms with van der Waals surface area (Å²) in [6.45, 7) is 3.88. The monoisotopic (exact) mass is 472 g/mol. The standard InChI is InChI=1S/C24H32N4O4S/c1-26(2)33(30,31)19-8-9-23(28-12-14-32-15-13-28)21(16-19)24(29)25-17-18-10-11-27(3)22-7-5-4-6-20(18)22/h4-9,16,18H,10-15,17H2,1-3H3,(H,25,29). The molecule has 0 bridgehead atoms. The molecule has 0 saturated carbocycles. The number of carbonyl (C=O) groups excluding carboxylic acids is 1. The second-order valence-corrected chi connectivity index (χ2v) is 10.9. The Balaban J connectivity index is 1.61. The molecule has 0 aliphatic carbocycles. The molecular weight excluding hydrogens is 440 g/mol. The van der Waals surface area contributed by atoms with Gasteiger partial charge in [0, 0.05) is 64.6 Å². The summed E-state index contributed by atoms with van der Waals surface area (Å²) in [6.07, 6.45) is 0.944. The van der Waals surface area contributed by atoms with Crippen LogP contribution in [0.25, 0.3) is 0 Å². The molecule has 1 N–H and O–H groups in total. The van der Waals surface area contributed by atoms with Crippen LogP contribution >= 0.6 is 0 Å². The van der Waals surface area contributed by atoms with Crippen LogP contribution in [0.5, 0.6) is 0 Å². The number of rotatable bonds is 6. The number of ether oxygens (including phenoxy) is 1. The number of morpholine rings is 1. The molecule has 33 heavy (non-hydrogen) atoms. The Morgan fingerprint density at radius 2 is 1.82 bits per heavy atom. The minimum absolute atomic E-state index is 0.110. The van der Waals surface area contributed by atoms with Crippen molar-refractivity contribution in [1.82, 2.24) is 9.62 Å². The number of benzene rings is 2. The quantitative estimate of drug-likeness (QED) is 0.694. The first-order chi connectivity index (χ1) is 15.8. The van der Waals surface area contributed by atoms with E-state index in [4.69, 9.17) is 4.74 Å². The average Bonchev–Trinajstić information content (AvgIpc) is 2.83. The van der Waals surface area contributed by atoms with E-state index in [1.807, 2.05) is 12.1 Å². The maximum absolute atomic E-state index is 13.4. The molecule has 2 aliphatic rings. The molecule has 2 aromatic carbocycles. The van der Waals surface area contributed by atoms with Crippen LogP contribution in [0.2, 0.25) is 0 Å². The Morgan fingerprint density at radius 3 is 2.55 bits per heavy atom. The van der Waals surface area contributed by atoms with Crippen molar-refractivity contribution in [1.29, 1.82) is 0 Å². The normalized spacial score (nSPS) is 18.8. The van der Waals surface area contributed by atoms with Crippen LogP contribution in [-0.2, 0) is 14.8 Å². The van der Waals surface area contributed by atoms with Crippen LogP contribution < -0.4 is 15.1 Å². The van der Waals surface area contributed by atoms with E-state index in [9.17, 15) is 13.2 Å². The number of para-hydroxylation sites is 1. The molecule has 1 amide bonds. The van der Waals surface area contributed by atoms with Gasteiger partial charge in [0.25, 0.3) is 5.91 Å². The van der Waals surface area contributed by atoms with Crippen LogP contribution in [-0.4, -0.2) is 79.2 Å². The second-order valence-electron chi connectivity index (χ2n) is 8.74. The molecule has 1 saturated heterocycles. The number of sulfonamides is 1. The lowest BCUT2D eigenvalue weighted by molar-refractivity contribution is 0.0949. The summed E-state index contributed by atoms with van der Waals surface area (Å²) in [6, 6.07) is 13.1. The third-order valence-corrected chi connectivity index (χ3v) is 8.26. The first-order valence-electron chi connectivity index (χ1n) is 11.3. The Morgan fingerprint density at radius 1 is 1.09 bits per heavy atom. The van der Waals surface area contributed by atoms with Crippen molar-refractivity contribution in [2.45, 2.75) is 17.2 Å². The summed E-state index contributed by atoms with van der Waals surface area (Å²) in [7, 11) is 1.40. The highest BCUT2D eigenvalue weighted by Gasteiger charge is 2.26. The van der Waals surface area contributed by atoms with Gasteiger partial charge in [-0.1, -0.05) is 18.2 Å². The first kappa shape index (κ1) is 23.5. The zero-order valence-electron chi connectivity index (χ0n) is 19.5. The van der Waals surface area contributed by atoms with Gasteiger partial charge >= 0.3 is 0 Å². The minimum Gasteiger partial charge on any atom is -0.378 e. The topological polar surface area (TPSA) is 82.2 Å². The molecule has 2 aromatic rings. The molecule has 0 radical (unpaired) electrons. The van der Waals surface area contributed by atoms with Gasteiger partial charge in [0.2, 0.25) is 10.0 Å². The Bertz CT molecular complexity index is 1110. The SMILES string of the molecule is CN1CCC(CNC(=O)c2cc(S(=O)(=O)N(C)C)ccc2N2CCOCC2)c2ccccc21. The summed E-state index contributed by atoms with van der Waals surface area (Å²) in [5.74, 6) is -0.0504. The Hall–Kier alpha value is -2.62. The number of carbonyl (C=O) groups is 1. The molecule has 178 valence electrons. The van der Waals surface area contributed by atoms with Crippen LogP contribution in [0.1, 0.15) is 28.3 Å². The largest absolute Gasteiger partial charge is 0.378 e. The first-order valence-corrected chi connectivity index (χ1v) is 12.7. The maximum Gasteiger partial charge on any atom is 0.253 e. The molecule has 1 atom stereocenters. The molecule has 2 aliphatic heterocycles. The highest BCUT2D eigenvalue weighted by molar-refractivity contribution is 7.89. The van der Waals surface area contributed by atoms with Gasteiger partial charge in [0.15, 0.2) is 0 Å². The van der Waals surface area contributed by atoms with E-state index in [0.717, 1.165) is 23.0 Å². The smallest absolute Gasteiger partial charge is 0.253 e. The van der Waals surface area contributed by atoms with Gasteiger partial charge < -0.3 is 19.9 Å².